The molecule has 1 saturated heterocycles. The largest absolute Gasteiger partial charge is 0.383 e. The van der Waals surface area contributed by atoms with Crippen molar-refractivity contribution >= 4 is 5.91 Å². The lowest BCUT2D eigenvalue weighted by molar-refractivity contribution is -0.149. The summed E-state index contributed by atoms with van der Waals surface area (Å²) in [4.78, 5) is 14.3. The number of nitrogens with zero attached hydrogens (tertiary/aromatic N) is 2. The van der Waals surface area contributed by atoms with Crippen LogP contribution in [0.1, 0.15) is 29.7 Å². The Morgan fingerprint density at radius 2 is 2.08 bits per heavy atom. The predicted molar refractivity (Wildman–Crippen MR) is 91.9 cm³/mol. The summed E-state index contributed by atoms with van der Waals surface area (Å²) in [5.41, 5.74) is 2.89. The van der Waals surface area contributed by atoms with Crippen LogP contribution in [0.15, 0.2) is 36.5 Å². The molecule has 6 heteroatoms. The van der Waals surface area contributed by atoms with E-state index in [0.29, 0.717) is 26.1 Å². The van der Waals surface area contributed by atoms with Gasteiger partial charge in [0.15, 0.2) is 0 Å². The summed E-state index contributed by atoms with van der Waals surface area (Å²) >= 11 is 0. The van der Waals surface area contributed by atoms with Gasteiger partial charge in [0.05, 0.1) is 18.5 Å². The molecule has 1 atom stereocenters. The van der Waals surface area contributed by atoms with E-state index < -0.39 is 6.10 Å². The van der Waals surface area contributed by atoms with Gasteiger partial charge in [-0.05, 0) is 30.4 Å². The average molecular weight is 341 g/mol. The third-order valence-electron chi connectivity index (χ3n) is 5.36. The van der Waals surface area contributed by atoms with Crippen molar-refractivity contribution in [1.29, 1.82) is 0 Å². The molecule has 25 heavy (non-hydrogen) atoms. The third-order valence-corrected chi connectivity index (χ3v) is 5.36. The summed E-state index contributed by atoms with van der Waals surface area (Å²) in [6.45, 7) is 1.86. The molecule has 1 aromatic heterocycles. The molecule has 0 saturated carbocycles. The van der Waals surface area contributed by atoms with E-state index in [1.807, 2.05) is 36.5 Å². The van der Waals surface area contributed by atoms with Crippen molar-refractivity contribution in [2.24, 2.45) is 0 Å². The zero-order valence-corrected chi connectivity index (χ0v) is 14.1. The van der Waals surface area contributed by atoms with Crippen LogP contribution >= 0.6 is 0 Å². The van der Waals surface area contributed by atoms with Crippen LogP contribution in [0.25, 0.3) is 0 Å². The highest BCUT2D eigenvalue weighted by Gasteiger charge is 2.43. The van der Waals surface area contributed by atoms with Gasteiger partial charge in [-0.1, -0.05) is 30.3 Å². The summed E-state index contributed by atoms with van der Waals surface area (Å²) < 4.78 is 6.10. The second kappa shape index (κ2) is 6.61. The first-order valence-corrected chi connectivity index (χ1v) is 8.85. The van der Waals surface area contributed by atoms with Crippen molar-refractivity contribution in [1.82, 2.24) is 15.1 Å². The van der Waals surface area contributed by atoms with Gasteiger partial charge in [0.1, 0.15) is 11.7 Å². The molecule has 0 bridgehead atoms. The number of likely N-dealkylation sites (tertiary alicyclic amines) is 1. The second-order valence-electron chi connectivity index (χ2n) is 6.89. The van der Waals surface area contributed by atoms with Crippen molar-refractivity contribution in [3.05, 3.63) is 53.3 Å². The number of aliphatic hydroxyl groups excluding tert-OH is 1. The Morgan fingerprint density at radius 1 is 1.32 bits per heavy atom. The SMILES string of the molecule is O=C([C@@H](O)Cc1ccccc1)N1CCC2(CC1)OCCc1cn[nH]c12. The normalized spacial score (nSPS) is 20.3. The van der Waals surface area contributed by atoms with Gasteiger partial charge in [0, 0.05) is 19.5 Å². The van der Waals surface area contributed by atoms with E-state index in [1.54, 1.807) is 4.90 Å². The number of aliphatic hydroxyl groups is 1. The summed E-state index contributed by atoms with van der Waals surface area (Å²) in [5.74, 6) is -0.195. The second-order valence-corrected chi connectivity index (χ2v) is 6.89. The molecule has 0 unspecified atom stereocenters. The number of carbonyl (C=O) groups excluding carboxylic acids is 1. The van der Waals surface area contributed by atoms with Gasteiger partial charge in [0.25, 0.3) is 5.91 Å². The number of aromatic nitrogens is 2. The summed E-state index contributed by atoms with van der Waals surface area (Å²) in [6, 6.07) is 9.61. The minimum absolute atomic E-state index is 0.195. The number of fused-ring (bicyclic) bond motifs is 2. The van der Waals surface area contributed by atoms with Crippen molar-refractivity contribution in [2.45, 2.75) is 37.4 Å². The fourth-order valence-corrected chi connectivity index (χ4v) is 3.94. The van der Waals surface area contributed by atoms with E-state index in [-0.39, 0.29) is 11.5 Å². The van der Waals surface area contributed by atoms with Crippen molar-refractivity contribution in [3.63, 3.8) is 0 Å². The van der Waals surface area contributed by atoms with Gasteiger partial charge in [-0.15, -0.1) is 0 Å². The molecular formula is C19H23N3O3. The maximum Gasteiger partial charge on any atom is 0.251 e. The highest BCUT2D eigenvalue weighted by molar-refractivity contribution is 5.81. The lowest BCUT2D eigenvalue weighted by atomic mass is 9.83. The summed E-state index contributed by atoms with van der Waals surface area (Å²) in [7, 11) is 0. The van der Waals surface area contributed by atoms with Crippen LogP contribution in [-0.2, 0) is 28.0 Å². The highest BCUT2D eigenvalue weighted by atomic mass is 16.5. The van der Waals surface area contributed by atoms with Gasteiger partial charge in [0.2, 0.25) is 0 Å². The third kappa shape index (κ3) is 3.07. The molecule has 6 nitrogen and oxygen atoms in total. The summed E-state index contributed by atoms with van der Waals surface area (Å²) in [6.07, 6.45) is 3.57. The average Bonchev–Trinajstić information content (AvgIpc) is 3.13. The number of ether oxygens (including phenoxy) is 1. The lowest BCUT2D eigenvalue weighted by Gasteiger charge is -2.43. The zero-order chi connectivity index (χ0) is 17.3. The molecule has 2 N–H and O–H groups in total. The van der Waals surface area contributed by atoms with Gasteiger partial charge in [-0.25, -0.2) is 0 Å². The Morgan fingerprint density at radius 3 is 2.84 bits per heavy atom. The topological polar surface area (TPSA) is 78.4 Å². The molecule has 0 radical (unpaired) electrons. The molecule has 1 aromatic carbocycles. The first-order chi connectivity index (χ1) is 12.2. The molecule has 0 aliphatic carbocycles. The van der Waals surface area contributed by atoms with Crippen LogP contribution in [0.3, 0.4) is 0 Å². The monoisotopic (exact) mass is 341 g/mol. The Bertz CT molecular complexity index is 735. The Kier molecular flexibility index (Phi) is 4.31. The van der Waals surface area contributed by atoms with Crippen molar-refractivity contribution in [3.8, 4) is 0 Å². The molecule has 4 rings (SSSR count). The number of nitrogens with one attached hydrogen (secondary N) is 1. The molecule has 2 aliphatic rings. The minimum atomic E-state index is -0.994. The van der Waals surface area contributed by atoms with Crippen LogP contribution in [0.5, 0.6) is 0 Å². The van der Waals surface area contributed by atoms with Crippen LogP contribution in [0.4, 0.5) is 0 Å². The van der Waals surface area contributed by atoms with E-state index in [0.717, 1.165) is 30.5 Å². The quantitative estimate of drug-likeness (QED) is 0.885. The van der Waals surface area contributed by atoms with E-state index in [4.69, 9.17) is 4.74 Å². The maximum absolute atomic E-state index is 12.6. The fraction of sp³-hybridized carbons (Fsp3) is 0.474. The molecule has 2 aliphatic heterocycles. The minimum Gasteiger partial charge on any atom is -0.383 e. The van der Waals surface area contributed by atoms with Gasteiger partial charge < -0.3 is 14.7 Å². The first-order valence-electron chi connectivity index (χ1n) is 8.85. The summed E-state index contributed by atoms with van der Waals surface area (Å²) in [5, 5.41) is 17.6. The Hall–Kier alpha value is -2.18. The fourth-order valence-electron chi connectivity index (χ4n) is 3.94. The van der Waals surface area contributed by atoms with Crippen molar-refractivity contribution in [2.75, 3.05) is 19.7 Å². The van der Waals surface area contributed by atoms with E-state index in [2.05, 4.69) is 10.2 Å². The number of hydrogen-bond donors (Lipinski definition) is 2. The molecule has 132 valence electrons. The van der Waals surface area contributed by atoms with E-state index in [1.165, 1.54) is 5.56 Å². The number of amides is 1. The first kappa shape index (κ1) is 16.3. The molecule has 3 heterocycles. The number of hydrogen-bond acceptors (Lipinski definition) is 4. The molecule has 1 spiro atoms. The number of piperidine rings is 1. The lowest BCUT2D eigenvalue weighted by Crippen LogP contribution is -2.51. The standard InChI is InChI=1S/C19H23N3O3/c23-16(12-14-4-2-1-3-5-14)18(24)22-9-7-19(8-10-22)17-15(6-11-25-19)13-20-21-17/h1-5,13,16,23H,6-12H2,(H,20,21)/t16-/m0/s1. The number of rotatable bonds is 3. The Balaban J connectivity index is 1.40. The van der Waals surface area contributed by atoms with Crippen LogP contribution in [0, 0.1) is 0 Å². The molecular weight excluding hydrogens is 318 g/mol. The van der Waals surface area contributed by atoms with Gasteiger partial charge >= 0.3 is 0 Å². The predicted octanol–water partition coefficient (Wildman–Crippen LogP) is 1.40. The smallest absolute Gasteiger partial charge is 0.251 e. The van der Waals surface area contributed by atoms with Gasteiger partial charge in [-0.3, -0.25) is 9.89 Å². The molecule has 1 fully saturated rings. The van der Waals surface area contributed by atoms with Crippen LogP contribution < -0.4 is 0 Å². The van der Waals surface area contributed by atoms with Crippen molar-refractivity contribution < 1.29 is 14.6 Å². The highest BCUT2D eigenvalue weighted by Crippen LogP contribution is 2.40. The van der Waals surface area contributed by atoms with Crippen LogP contribution in [-0.4, -0.2) is 51.9 Å². The van der Waals surface area contributed by atoms with E-state index in [9.17, 15) is 9.90 Å². The number of H-pyrrole nitrogens is 1. The number of benzene rings is 1. The Labute approximate surface area is 146 Å². The number of aromatic amines is 1. The van der Waals surface area contributed by atoms with Gasteiger partial charge in [-0.2, -0.15) is 5.10 Å². The molecule has 2 aromatic rings. The number of carbonyl (C=O) groups is 1. The van der Waals surface area contributed by atoms with Crippen LogP contribution in [0.2, 0.25) is 0 Å². The maximum atomic E-state index is 12.6. The zero-order valence-electron chi connectivity index (χ0n) is 14.1. The van der Waals surface area contributed by atoms with E-state index >= 15 is 0 Å². The molecule has 1 amide bonds.